The molecule has 0 aliphatic heterocycles. The SMILES string of the molecule is CNCc1ccc(-c2cc(-c3nc(-c4ccc(S(=O)C(C)C)c(Cl)c4)cnc3N)on2)cc1. The molecule has 33 heavy (non-hydrogen) atoms. The van der Waals surface area contributed by atoms with Crippen LogP contribution in [0.2, 0.25) is 5.02 Å². The fourth-order valence-corrected chi connectivity index (χ4v) is 4.69. The maximum atomic E-state index is 12.4. The number of rotatable bonds is 7. The summed E-state index contributed by atoms with van der Waals surface area (Å²) in [4.78, 5) is 9.52. The van der Waals surface area contributed by atoms with E-state index in [2.05, 4.69) is 20.4 Å². The topological polar surface area (TPSA) is 107 Å². The normalized spacial score (nSPS) is 12.3. The number of halogens is 1. The van der Waals surface area contributed by atoms with E-state index in [9.17, 15) is 4.21 Å². The number of aromatic nitrogens is 3. The third-order valence-corrected chi connectivity index (χ3v) is 7.12. The van der Waals surface area contributed by atoms with Gasteiger partial charge < -0.3 is 15.6 Å². The van der Waals surface area contributed by atoms with Crippen LogP contribution in [0.15, 0.2) is 64.1 Å². The molecular formula is C24H24ClN5O2S. The minimum atomic E-state index is -1.18. The van der Waals surface area contributed by atoms with Gasteiger partial charge in [0.1, 0.15) is 5.69 Å². The second-order valence-electron chi connectivity index (χ2n) is 7.78. The van der Waals surface area contributed by atoms with Crippen molar-refractivity contribution in [3.05, 3.63) is 65.3 Å². The van der Waals surface area contributed by atoms with Gasteiger partial charge in [0.15, 0.2) is 17.3 Å². The number of anilines is 1. The largest absolute Gasteiger partial charge is 0.382 e. The van der Waals surface area contributed by atoms with Crippen molar-refractivity contribution in [2.24, 2.45) is 0 Å². The Balaban J connectivity index is 1.65. The molecule has 0 fully saturated rings. The van der Waals surface area contributed by atoms with Crippen LogP contribution in [0.4, 0.5) is 5.82 Å². The Bertz CT molecular complexity index is 1300. The van der Waals surface area contributed by atoms with Gasteiger partial charge in [-0.25, -0.2) is 9.97 Å². The van der Waals surface area contributed by atoms with Crippen LogP contribution in [-0.2, 0) is 17.3 Å². The zero-order valence-electron chi connectivity index (χ0n) is 18.5. The monoisotopic (exact) mass is 481 g/mol. The molecule has 170 valence electrons. The van der Waals surface area contributed by atoms with Gasteiger partial charge in [0.05, 0.1) is 32.6 Å². The van der Waals surface area contributed by atoms with E-state index < -0.39 is 10.8 Å². The van der Waals surface area contributed by atoms with Gasteiger partial charge >= 0.3 is 0 Å². The number of benzene rings is 2. The van der Waals surface area contributed by atoms with Crippen LogP contribution in [0.5, 0.6) is 0 Å². The van der Waals surface area contributed by atoms with E-state index >= 15 is 0 Å². The average Bonchev–Trinajstić information content (AvgIpc) is 3.29. The van der Waals surface area contributed by atoms with E-state index in [1.165, 1.54) is 5.56 Å². The van der Waals surface area contributed by atoms with E-state index in [0.717, 1.165) is 17.7 Å². The van der Waals surface area contributed by atoms with E-state index in [-0.39, 0.29) is 11.1 Å². The van der Waals surface area contributed by atoms with Crippen LogP contribution in [-0.4, -0.2) is 31.6 Å². The summed E-state index contributed by atoms with van der Waals surface area (Å²) in [5.41, 5.74) is 10.6. The highest BCUT2D eigenvalue weighted by atomic mass is 35.5. The van der Waals surface area contributed by atoms with Crippen molar-refractivity contribution in [2.75, 3.05) is 12.8 Å². The molecule has 4 aromatic rings. The van der Waals surface area contributed by atoms with Gasteiger partial charge in [-0.05, 0) is 24.7 Å². The standard InChI is InChI=1S/C24H24ClN5O2S/c1-14(2)33(31)22-9-8-17(10-18(22)25)20-13-28-24(26)23(29-20)21-11-19(30-32-21)16-6-4-15(5-7-16)12-27-3/h4-11,13-14,27H,12H2,1-3H3,(H2,26,28). The van der Waals surface area contributed by atoms with Gasteiger partial charge in [0.2, 0.25) is 0 Å². The number of nitrogens with zero attached hydrogens (tertiary/aromatic N) is 3. The predicted molar refractivity (Wildman–Crippen MR) is 132 cm³/mol. The van der Waals surface area contributed by atoms with Gasteiger partial charge in [0.25, 0.3) is 0 Å². The zero-order chi connectivity index (χ0) is 23.5. The summed E-state index contributed by atoms with van der Waals surface area (Å²) >= 11 is 6.41. The third-order valence-electron chi connectivity index (χ3n) is 5.05. The number of hydrogen-bond donors (Lipinski definition) is 2. The zero-order valence-corrected chi connectivity index (χ0v) is 20.1. The molecule has 9 heteroatoms. The lowest BCUT2D eigenvalue weighted by atomic mass is 10.1. The summed E-state index contributed by atoms with van der Waals surface area (Å²) in [6.45, 7) is 4.57. The molecule has 0 radical (unpaired) electrons. The smallest absolute Gasteiger partial charge is 0.189 e. The first-order chi connectivity index (χ1) is 15.9. The lowest BCUT2D eigenvalue weighted by Crippen LogP contribution is -2.06. The summed E-state index contributed by atoms with van der Waals surface area (Å²) in [5.74, 6) is 0.647. The molecular weight excluding hydrogens is 458 g/mol. The number of hydrogen-bond acceptors (Lipinski definition) is 7. The van der Waals surface area contributed by atoms with Crippen LogP contribution in [0.3, 0.4) is 0 Å². The third kappa shape index (κ3) is 4.98. The van der Waals surface area contributed by atoms with Gasteiger partial charge in [-0.1, -0.05) is 60.9 Å². The van der Waals surface area contributed by atoms with Crippen LogP contribution in [0, 0.1) is 0 Å². The number of nitrogens with one attached hydrogen (secondary N) is 1. The second-order valence-corrected chi connectivity index (χ2v) is 10.2. The first kappa shape index (κ1) is 23.1. The molecule has 0 spiro atoms. The fourth-order valence-electron chi connectivity index (χ4n) is 3.32. The summed E-state index contributed by atoms with van der Waals surface area (Å²) in [6, 6.07) is 15.2. The Morgan fingerprint density at radius 2 is 1.82 bits per heavy atom. The van der Waals surface area contributed by atoms with Gasteiger partial charge in [-0.15, -0.1) is 0 Å². The molecule has 0 amide bonds. The highest BCUT2D eigenvalue weighted by molar-refractivity contribution is 7.85. The Morgan fingerprint density at radius 1 is 1.09 bits per heavy atom. The maximum absolute atomic E-state index is 12.4. The fraction of sp³-hybridized carbons (Fsp3) is 0.208. The maximum Gasteiger partial charge on any atom is 0.189 e. The van der Waals surface area contributed by atoms with Gasteiger partial charge in [-0.2, -0.15) is 0 Å². The van der Waals surface area contributed by atoms with Crippen molar-refractivity contribution in [3.63, 3.8) is 0 Å². The minimum Gasteiger partial charge on any atom is -0.382 e. The van der Waals surface area contributed by atoms with Crippen molar-refractivity contribution in [2.45, 2.75) is 30.5 Å². The Hall–Kier alpha value is -3.07. The molecule has 3 N–H and O–H groups in total. The minimum absolute atomic E-state index is 0.0311. The summed E-state index contributed by atoms with van der Waals surface area (Å²) < 4.78 is 18.0. The average molecular weight is 482 g/mol. The molecule has 7 nitrogen and oxygen atoms in total. The Labute approximate surface area is 199 Å². The molecule has 2 aromatic carbocycles. The van der Waals surface area contributed by atoms with Crippen LogP contribution >= 0.6 is 11.6 Å². The van der Waals surface area contributed by atoms with Crippen molar-refractivity contribution in [1.82, 2.24) is 20.4 Å². The van der Waals surface area contributed by atoms with E-state index in [0.29, 0.717) is 32.8 Å². The van der Waals surface area contributed by atoms with Crippen LogP contribution < -0.4 is 11.1 Å². The molecule has 0 bridgehead atoms. The summed E-state index contributed by atoms with van der Waals surface area (Å²) in [7, 11) is 0.727. The van der Waals surface area contributed by atoms with Gasteiger partial charge in [0, 0.05) is 29.0 Å². The lowest BCUT2D eigenvalue weighted by Gasteiger charge is -2.10. The highest BCUT2D eigenvalue weighted by Gasteiger charge is 2.17. The van der Waals surface area contributed by atoms with Crippen molar-refractivity contribution < 1.29 is 8.73 Å². The van der Waals surface area contributed by atoms with E-state index in [1.807, 2.05) is 51.2 Å². The predicted octanol–water partition coefficient (Wildman–Crippen LogP) is 4.94. The Morgan fingerprint density at radius 3 is 2.48 bits per heavy atom. The van der Waals surface area contributed by atoms with E-state index in [4.69, 9.17) is 21.9 Å². The molecule has 4 rings (SSSR count). The van der Waals surface area contributed by atoms with Gasteiger partial charge in [-0.3, -0.25) is 4.21 Å². The van der Waals surface area contributed by atoms with E-state index in [1.54, 1.807) is 24.4 Å². The Kier molecular flexibility index (Phi) is 6.88. The molecule has 2 heterocycles. The van der Waals surface area contributed by atoms with Crippen LogP contribution in [0.25, 0.3) is 34.0 Å². The summed E-state index contributed by atoms with van der Waals surface area (Å²) in [6.07, 6.45) is 1.57. The molecule has 1 unspecified atom stereocenters. The molecule has 0 aliphatic carbocycles. The van der Waals surface area contributed by atoms with Crippen molar-refractivity contribution >= 4 is 28.2 Å². The quantitative estimate of drug-likeness (QED) is 0.385. The molecule has 0 saturated heterocycles. The van der Waals surface area contributed by atoms with Crippen molar-refractivity contribution in [1.29, 1.82) is 0 Å². The van der Waals surface area contributed by atoms with Crippen LogP contribution in [0.1, 0.15) is 19.4 Å². The summed E-state index contributed by atoms with van der Waals surface area (Å²) in [5, 5.41) is 7.69. The highest BCUT2D eigenvalue weighted by Crippen LogP contribution is 2.32. The molecule has 0 saturated carbocycles. The lowest BCUT2D eigenvalue weighted by molar-refractivity contribution is 0.434. The first-order valence-corrected chi connectivity index (χ1v) is 12.0. The van der Waals surface area contributed by atoms with Crippen molar-refractivity contribution in [3.8, 4) is 34.0 Å². The molecule has 2 aromatic heterocycles. The number of nitrogen functional groups attached to an aromatic ring is 1. The molecule has 0 aliphatic rings. The second kappa shape index (κ2) is 9.82. The number of nitrogens with two attached hydrogens (primary N) is 1. The first-order valence-electron chi connectivity index (χ1n) is 10.4. The molecule has 1 atom stereocenters.